The minimum absolute atomic E-state index is 0.0816. The van der Waals surface area contributed by atoms with E-state index in [1.54, 1.807) is 32.9 Å². The first-order valence-electron chi connectivity index (χ1n) is 10.1. The Morgan fingerprint density at radius 1 is 1.31 bits per heavy atom. The largest absolute Gasteiger partial charge is 0.444 e. The van der Waals surface area contributed by atoms with Gasteiger partial charge in [-0.2, -0.15) is 13.2 Å². The van der Waals surface area contributed by atoms with Gasteiger partial charge in [-0.05, 0) is 45.4 Å². The molecule has 6 nitrogen and oxygen atoms in total. The van der Waals surface area contributed by atoms with Crippen molar-refractivity contribution in [3.8, 4) is 0 Å². The highest BCUT2D eigenvalue weighted by Crippen LogP contribution is 2.32. The van der Waals surface area contributed by atoms with Crippen molar-refractivity contribution in [2.24, 2.45) is 5.73 Å². The fourth-order valence-electron chi connectivity index (χ4n) is 3.72. The smallest absolute Gasteiger partial charge is 0.410 e. The molecule has 3 rings (SSSR count). The van der Waals surface area contributed by atoms with Crippen LogP contribution in [0, 0.1) is 0 Å². The quantitative estimate of drug-likeness (QED) is 0.501. The number of halogens is 4. The molecule has 2 atom stereocenters. The molecule has 0 saturated carbocycles. The number of amides is 1. The number of anilines is 1. The number of benzene rings is 1. The van der Waals surface area contributed by atoms with Crippen LogP contribution in [0.25, 0.3) is 10.9 Å². The number of carbonyl (C=O) groups is 1. The van der Waals surface area contributed by atoms with E-state index in [0.717, 1.165) is 4.57 Å². The van der Waals surface area contributed by atoms with Crippen LogP contribution < -0.4 is 11.1 Å². The molecule has 3 N–H and O–H groups in total. The molecular weight excluding hydrogens is 448 g/mol. The van der Waals surface area contributed by atoms with E-state index in [1.807, 2.05) is 0 Å². The molecule has 176 valence electrons. The number of carbonyl (C=O) groups excluding carboxylic acids is 1. The third-order valence-electron chi connectivity index (χ3n) is 5.07. The molecule has 0 bridgehead atoms. The van der Waals surface area contributed by atoms with Gasteiger partial charge in [0.2, 0.25) is 0 Å². The first-order chi connectivity index (χ1) is 14.7. The molecule has 11 heteroatoms. The average Bonchev–Trinajstić information content (AvgIpc) is 3.00. The molecule has 0 unspecified atom stereocenters. The van der Waals surface area contributed by atoms with E-state index in [-0.39, 0.29) is 29.3 Å². The molecule has 1 amide bonds. The second-order valence-corrected chi connectivity index (χ2v) is 9.26. The third kappa shape index (κ3) is 5.62. The third-order valence-corrected chi connectivity index (χ3v) is 5.28. The number of nitrogens with two attached hydrogens (primary N) is 1. The van der Waals surface area contributed by atoms with Crippen molar-refractivity contribution in [1.82, 2.24) is 9.47 Å². The van der Waals surface area contributed by atoms with Gasteiger partial charge in [0, 0.05) is 17.6 Å². The van der Waals surface area contributed by atoms with E-state index in [4.69, 9.17) is 22.7 Å². The van der Waals surface area contributed by atoms with Crippen LogP contribution in [0.1, 0.15) is 32.9 Å². The standard InChI is InChI=1S/C21H26F4N4O2S/c1-20(2,3)31-19(30)28-8-7-15(13(22)10-28)27-14-5-4-6-16-12(14)9-17(18(26)32)29(16)11-21(23,24)25/h4-6,9,13,15,27H,7-8,10-11H2,1-3H3,(H2,26,32)/t13-,15+/m0/s1. The number of hydrogen-bond acceptors (Lipinski definition) is 4. The van der Waals surface area contributed by atoms with Crippen molar-refractivity contribution in [2.45, 2.75) is 57.7 Å². The number of aromatic nitrogens is 1. The normalized spacial score (nSPS) is 19.8. The number of fused-ring (bicyclic) bond motifs is 1. The van der Waals surface area contributed by atoms with Crippen molar-refractivity contribution in [3.63, 3.8) is 0 Å². The molecule has 2 heterocycles. The molecule has 1 aromatic carbocycles. The van der Waals surface area contributed by atoms with Crippen molar-refractivity contribution in [3.05, 3.63) is 30.0 Å². The zero-order valence-corrected chi connectivity index (χ0v) is 18.8. The predicted molar refractivity (Wildman–Crippen MR) is 119 cm³/mol. The van der Waals surface area contributed by atoms with Gasteiger partial charge < -0.3 is 25.3 Å². The molecule has 0 radical (unpaired) electrons. The number of hydrogen-bond donors (Lipinski definition) is 2. The Morgan fingerprint density at radius 2 is 2.00 bits per heavy atom. The number of nitrogens with zero attached hydrogens (tertiary/aromatic N) is 2. The van der Waals surface area contributed by atoms with Gasteiger partial charge in [0.05, 0.1) is 23.8 Å². The van der Waals surface area contributed by atoms with E-state index in [0.29, 0.717) is 17.5 Å². The van der Waals surface area contributed by atoms with Crippen LogP contribution in [0.2, 0.25) is 0 Å². The predicted octanol–water partition coefficient (Wildman–Crippen LogP) is 4.60. The van der Waals surface area contributed by atoms with Crippen molar-refractivity contribution >= 4 is 39.9 Å². The number of likely N-dealkylation sites (tertiary alicyclic amines) is 1. The van der Waals surface area contributed by atoms with E-state index < -0.39 is 36.6 Å². The SMILES string of the molecule is CC(C)(C)OC(=O)N1CC[C@@H](Nc2cccc3c2cc(C(N)=S)n3CC(F)(F)F)[C@@H](F)C1. The molecule has 0 spiro atoms. The molecule has 1 fully saturated rings. The van der Waals surface area contributed by atoms with Gasteiger partial charge in [-0.3, -0.25) is 0 Å². The number of ether oxygens (including phenoxy) is 1. The first kappa shape index (κ1) is 24.1. The fraction of sp³-hybridized carbons (Fsp3) is 0.524. The van der Waals surface area contributed by atoms with Crippen LogP contribution in [0.3, 0.4) is 0 Å². The minimum atomic E-state index is -4.46. The summed E-state index contributed by atoms with van der Waals surface area (Å²) in [5, 5.41) is 3.55. The Bertz CT molecular complexity index is 1020. The fourth-order valence-corrected chi connectivity index (χ4v) is 3.89. The van der Waals surface area contributed by atoms with Gasteiger partial charge in [-0.1, -0.05) is 18.3 Å². The molecule has 1 aromatic heterocycles. The van der Waals surface area contributed by atoms with Crippen molar-refractivity contribution < 1.29 is 27.1 Å². The lowest BCUT2D eigenvalue weighted by Crippen LogP contribution is -2.51. The number of thiocarbonyl (C=S) groups is 1. The number of nitrogens with one attached hydrogen (secondary N) is 1. The molecule has 1 aliphatic rings. The number of rotatable bonds is 4. The van der Waals surface area contributed by atoms with Crippen LogP contribution in [-0.4, -0.2) is 57.6 Å². The van der Waals surface area contributed by atoms with E-state index >= 15 is 0 Å². The van der Waals surface area contributed by atoms with Gasteiger partial charge >= 0.3 is 12.3 Å². The summed E-state index contributed by atoms with van der Waals surface area (Å²) in [6, 6.07) is 5.64. The van der Waals surface area contributed by atoms with Gasteiger partial charge in [0.25, 0.3) is 0 Å². The maximum absolute atomic E-state index is 14.9. The Balaban J connectivity index is 1.82. The van der Waals surface area contributed by atoms with Gasteiger partial charge in [-0.25, -0.2) is 9.18 Å². The van der Waals surface area contributed by atoms with E-state index in [1.165, 1.54) is 17.0 Å². The maximum Gasteiger partial charge on any atom is 0.410 e. The molecule has 0 aliphatic carbocycles. The summed E-state index contributed by atoms with van der Waals surface area (Å²) < 4.78 is 60.5. The van der Waals surface area contributed by atoms with Crippen LogP contribution in [0.15, 0.2) is 24.3 Å². The number of alkyl halides is 4. The van der Waals surface area contributed by atoms with E-state index in [9.17, 15) is 22.4 Å². The summed E-state index contributed by atoms with van der Waals surface area (Å²) in [6.07, 6.45) is -6.12. The molecular formula is C21H26F4N4O2S. The summed E-state index contributed by atoms with van der Waals surface area (Å²) in [5.74, 6) is 0. The van der Waals surface area contributed by atoms with Crippen LogP contribution >= 0.6 is 12.2 Å². The number of piperidine rings is 1. The second-order valence-electron chi connectivity index (χ2n) is 8.82. The Hall–Kier alpha value is -2.56. The minimum Gasteiger partial charge on any atom is -0.444 e. The average molecular weight is 475 g/mol. The van der Waals surface area contributed by atoms with Crippen LogP contribution in [0.5, 0.6) is 0 Å². The highest BCUT2D eigenvalue weighted by molar-refractivity contribution is 7.80. The summed E-state index contributed by atoms with van der Waals surface area (Å²) in [5.41, 5.74) is 5.81. The summed E-state index contributed by atoms with van der Waals surface area (Å²) >= 11 is 4.94. The van der Waals surface area contributed by atoms with Crippen molar-refractivity contribution in [2.75, 3.05) is 18.4 Å². The summed E-state index contributed by atoms with van der Waals surface area (Å²) in [4.78, 5) is 13.4. The lowest BCUT2D eigenvalue weighted by Gasteiger charge is -2.36. The van der Waals surface area contributed by atoms with Gasteiger partial charge in [0.1, 0.15) is 23.3 Å². The van der Waals surface area contributed by atoms with E-state index in [2.05, 4.69) is 5.32 Å². The molecule has 1 saturated heterocycles. The Labute approximate surface area is 188 Å². The summed E-state index contributed by atoms with van der Waals surface area (Å²) in [7, 11) is 0. The zero-order valence-electron chi connectivity index (χ0n) is 18.0. The lowest BCUT2D eigenvalue weighted by molar-refractivity contribution is -0.139. The topological polar surface area (TPSA) is 72.5 Å². The Kier molecular flexibility index (Phi) is 6.60. The van der Waals surface area contributed by atoms with Crippen LogP contribution in [0.4, 0.5) is 28.0 Å². The van der Waals surface area contributed by atoms with Crippen LogP contribution in [-0.2, 0) is 11.3 Å². The lowest BCUT2D eigenvalue weighted by atomic mass is 10.0. The monoisotopic (exact) mass is 474 g/mol. The first-order valence-corrected chi connectivity index (χ1v) is 10.5. The van der Waals surface area contributed by atoms with Gasteiger partial charge in [-0.15, -0.1) is 0 Å². The molecule has 2 aromatic rings. The summed E-state index contributed by atoms with van der Waals surface area (Å²) in [6.45, 7) is 4.11. The Morgan fingerprint density at radius 3 is 2.56 bits per heavy atom. The molecule has 1 aliphatic heterocycles. The zero-order chi connectivity index (χ0) is 23.8. The highest BCUT2D eigenvalue weighted by Gasteiger charge is 2.34. The second kappa shape index (κ2) is 8.76. The highest BCUT2D eigenvalue weighted by atomic mass is 32.1. The van der Waals surface area contributed by atoms with Crippen molar-refractivity contribution in [1.29, 1.82) is 0 Å². The molecule has 32 heavy (non-hydrogen) atoms. The van der Waals surface area contributed by atoms with Gasteiger partial charge in [0.15, 0.2) is 0 Å². The maximum atomic E-state index is 14.9.